The summed E-state index contributed by atoms with van der Waals surface area (Å²) >= 11 is 0. The third-order valence-corrected chi connectivity index (χ3v) is 2.30. The second-order valence-corrected chi connectivity index (χ2v) is 4.01. The lowest BCUT2D eigenvalue weighted by atomic mass is 10.3. The van der Waals surface area contributed by atoms with Gasteiger partial charge in [-0.15, -0.1) is 0 Å². The van der Waals surface area contributed by atoms with Crippen LogP contribution in [0.15, 0.2) is 0 Å². The summed E-state index contributed by atoms with van der Waals surface area (Å²) in [7, 11) is 6.57. The molecule has 0 aromatic rings. The summed E-state index contributed by atoms with van der Waals surface area (Å²) in [6.07, 6.45) is 2.66. The molecule has 1 aliphatic rings. The van der Waals surface area contributed by atoms with Crippen LogP contribution in [0.3, 0.4) is 0 Å². The van der Waals surface area contributed by atoms with Crippen LogP contribution in [-0.2, 0) is 0 Å². The summed E-state index contributed by atoms with van der Waals surface area (Å²) in [4.78, 5) is 7.13. The third-order valence-electron chi connectivity index (χ3n) is 2.30. The van der Waals surface area contributed by atoms with Crippen molar-refractivity contribution in [3.8, 4) is 0 Å². The molecule has 0 unspecified atom stereocenters. The summed E-state index contributed by atoms with van der Waals surface area (Å²) in [5, 5.41) is 0. The molecule has 1 fully saturated rings. The van der Waals surface area contributed by atoms with Crippen LogP contribution in [0.25, 0.3) is 0 Å². The molecule has 0 saturated carbocycles. The van der Waals surface area contributed by atoms with Gasteiger partial charge in [0.2, 0.25) is 0 Å². The maximum absolute atomic E-state index is 2.39. The first-order chi connectivity index (χ1) is 5.68. The Kier molecular flexibility index (Phi) is 3.98. The molecule has 0 radical (unpaired) electrons. The van der Waals surface area contributed by atoms with E-state index in [4.69, 9.17) is 0 Å². The van der Waals surface area contributed by atoms with E-state index in [-0.39, 0.29) is 0 Å². The normalized spacial score (nSPS) is 26.2. The van der Waals surface area contributed by atoms with Crippen molar-refractivity contribution >= 4 is 0 Å². The van der Waals surface area contributed by atoms with Gasteiger partial charge in [-0.3, -0.25) is 14.7 Å². The minimum Gasteiger partial charge on any atom is -0.294 e. The Hall–Kier alpha value is -0.120. The van der Waals surface area contributed by atoms with Crippen molar-refractivity contribution in [3.05, 3.63) is 0 Å². The van der Waals surface area contributed by atoms with Gasteiger partial charge in [0, 0.05) is 0 Å². The van der Waals surface area contributed by atoms with Crippen LogP contribution in [-0.4, -0.2) is 62.3 Å². The molecule has 72 valence electrons. The van der Waals surface area contributed by atoms with Gasteiger partial charge in [-0.05, 0) is 47.1 Å². The molecule has 12 heavy (non-hydrogen) atoms. The highest BCUT2D eigenvalue weighted by molar-refractivity contribution is 4.59. The van der Waals surface area contributed by atoms with Crippen LogP contribution in [0.2, 0.25) is 0 Å². The van der Waals surface area contributed by atoms with E-state index in [1.54, 1.807) is 0 Å². The first-order valence-electron chi connectivity index (χ1n) is 4.74. The van der Waals surface area contributed by atoms with Crippen LogP contribution < -0.4 is 0 Å². The lowest BCUT2D eigenvalue weighted by Gasteiger charge is -2.25. The Balaban J connectivity index is 2.37. The molecule has 0 amide bonds. The Morgan fingerprint density at radius 3 is 1.50 bits per heavy atom. The Morgan fingerprint density at radius 2 is 1.08 bits per heavy atom. The van der Waals surface area contributed by atoms with Crippen molar-refractivity contribution in [2.75, 3.05) is 47.6 Å². The van der Waals surface area contributed by atoms with Gasteiger partial charge in [-0.1, -0.05) is 0 Å². The third kappa shape index (κ3) is 3.52. The molecular formula is C9H21N3. The fourth-order valence-corrected chi connectivity index (χ4v) is 1.77. The lowest BCUT2D eigenvalue weighted by Crippen LogP contribution is -2.38. The molecule has 0 N–H and O–H groups in total. The van der Waals surface area contributed by atoms with E-state index >= 15 is 0 Å². The number of hydrogen-bond donors (Lipinski definition) is 0. The molecule has 0 aromatic carbocycles. The maximum Gasteiger partial charge on any atom is 0.0512 e. The van der Waals surface area contributed by atoms with Gasteiger partial charge in [0.15, 0.2) is 0 Å². The summed E-state index contributed by atoms with van der Waals surface area (Å²) in [6, 6.07) is 0. The quantitative estimate of drug-likeness (QED) is 0.525. The predicted molar refractivity (Wildman–Crippen MR) is 52.0 cm³/mol. The first-order valence-corrected chi connectivity index (χ1v) is 4.74. The van der Waals surface area contributed by atoms with E-state index in [9.17, 15) is 0 Å². The molecule has 1 saturated heterocycles. The zero-order valence-electron chi connectivity index (χ0n) is 8.58. The van der Waals surface area contributed by atoms with Crippen LogP contribution in [0.4, 0.5) is 0 Å². The number of nitrogens with zero attached hydrogens (tertiary/aromatic N) is 3. The molecule has 1 rings (SSSR count). The van der Waals surface area contributed by atoms with Crippen LogP contribution >= 0.6 is 0 Å². The van der Waals surface area contributed by atoms with Crippen molar-refractivity contribution in [3.63, 3.8) is 0 Å². The van der Waals surface area contributed by atoms with E-state index in [0.29, 0.717) is 0 Å². The second-order valence-electron chi connectivity index (χ2n) is 4.01. The van der Waals surface area contributed by atoms with E-state index in [2.05, 4.69) is 35.8 Å². The summed E-state index contributed by atoms with van der Waals surface area (Å²) in [5.74, 6) is 0. The van der Waals surface area contributed by atoms with Gasteiger partial charge >= 0.3 is 0 Å². The molecule has 1 aliphatic heterocycles. The Morgan fingerprint density at radius 1 is 0.667 bits per heavy atom. The fraction of sp³-hybridized carbons (Fsp3) is 1.00. The van der Waals surface area contributed by atoms with Crippen LogP contribution in [0.5, 0.6) is 0 Å². The van der Waals surface area contributed by atoms with Crippen LogP contribution in [0.1, 0.15) is 12.8 Å². The highest BCUT2D eigenvalue weighted by atomic mass is 15.4. The molecule has 3 heteroatoms. The standard InChI is InChI=1S/C9H21N3/c1-10-6-4-5-7-11(2)9-12(3)8-10/h4-9H2,1-3H3. The van der Waals surface area contributed by atoms with Crippen LogP contribution in [0, 0.1) is 0 Å². The van der Waals surface area contributed by atoms with Gasteiger partial charge in [0.05, 0.1) is 13.3 Å². The molecule has 0 aliphatic carbocycles. The Labute approximate surface area is 75.9 Å². The van der Waals surface area contributed by atoms with Crippen molar-refractivity contribution in [1.82, 2.24) is 14.7 Å². The summed E-state index contributed by atoms with van der Waals surface area (Å²) < 4.78 is 0. The number of rotatable bonds is 0. The SMILES string of the molecule is CN1CCCCN(C)CN(C)C1. The van der Waals surface area contributed by atoms with Gasteiger partial charge in [-0.25, -0.2) is 0 Å². The molecule has 0 aromatic heterocycles. The zero-order valence-corrected chi connectivity index (χ0v) is 8.58. The molecule has 0 atom stereocenters. The van der Waals surface area contributed by atoms with E-state index in [1.165, 1.54) is 25.9 Å². The average molecular weight is 171 g/mol. The molecule has 1 heterocycles. The van der Waals surface area contributed by atoms with Gasteiger partial charge in [0.1, 0.15) is 0 Å². The topological polar surface area (TPSA) is 9.72 Å². The smallest absolute Gasteiger partial charge is 0.0512 e. The maximum atomic E-state index is 2.39. The fourth-order valence-electron chi connectivity index (χ4n) is 1.77. The highest BCUT2D eigenvalue weighted by Crippen LogP contribution is 2.00. The molecule has 0 bridgehead atoms. The monoisotopic (exact) mass is 171 g/mol. The highest BCUT2D eigenvalue weighted by Gasteiger charge is 2.08. The van der Waals surface area contributed by atoms with Crippen molar-refractivity contribution in [2.45, 2.75) is 12.8 Å². The zero-order chi connectivity index (χ0) is 8.97. The summed E-state index contributed by atoms with van der Waals surface area (Å²) in [6.45, 7) is 4.64. The Bertz CT molecular complexity index is 113. The molecule has 0 spiro atoms. The average Bonchev–Trinajstić information content (AvgIpc) is 2.01. The largest absolute Gasteiger partial charge is 0.294 e. The molecule has 3 nitrogen and oxygen atoms in total. The predicted octanol–water partition coefficient (Wildman–Crippen LogP) is 0.491. The summed E-state index contributed by atoms with van der Waals surface area (Å²) in [5.41, 5.74) is 0. The van der Waals surface area contributed by atoms with E-state index in [1.807, 2.05) is 0 Å². The van der Waals surface area contributed by atoms with Gasteiger partial charge in [0.25, 0.3) is 0 Å². The first kappa shape index (κ1) is 9.96. The van der Waals surface area contributed by atoms with Crippen molar-refractivity contribution < 1.29 is 0 Å². The minimum absolute atomic E-state index is 1.09. The minimum atomic E-state index is 1.09. The van der Waals surface area contributed by atoms with E-state index < -0.39 is 0 Å². The lowest BCUT2D eigenvalue weighted by molar-refractivity contribution is 0.132. The number of hydrogen-bond acceptors (Lipinski definition) is 3. The van der Waals surface area contributed by atoms with Crippen molar-refractivity contribution in [2.24, 2.45) is 0 Å². The molecular weight excluding hydrogens is 150 g/mol. The second kappa shape index (κ2) is 4.80. The van der Waals surface area contributed by atoms with Gasteiger partial charge < -0.3 is 0 Å². The van der Waals surface area contributed by atoms with Crippen molar-refractivity contribution in [1.29, 1.82) is 0 Å². The van der Waals surface area contributed by atoms with E-state index in [0.717, 1.165) is 13.3 Å². The van der Waals surface area contributed by atoms with Gasteiger partial charge in [-0.2, -0.15) is 0 Å².